The Morgan fingerprint density at radius 3 is 2.59 bits per heavy atom. The number of hydrogen-bond acceptors (Lipinski definition) is 5. The first-order valence-electron chi connectivity index (χ1n) is 4.96. The summed E-state index contributed by atoms with van der Waals surface area (Å²) >= 11 is 0. The van der Waals surface area contributed by atoms with Crippen molar-refractivity contribution in [3.05, 3.63) is 34.4 Å². The predicted molar refractivity (Wildman–Crippen MR) is 70.7 cm³/mol. The summed E-state index contributed by atoms with van der Waals surface area (Å²) in [6.07, 6.45) is 3.44. The first kappa shape index (κ1) is 15.3. The molecule has 0 saturated heterocycles. The van der Waals surface area contributed by atoms with E-state index in [0.29, 0.717) is 6.54 Å². The van der Waals surface area contributed by atoms with Crippen LogP contribution < -0.4 is 11.2 Å². The van der Waals surface area contributed by atoms with Crippen molar-refractivity contribution in [2.45, 2.75) is 12.8 Å². The summed E-state index contributed by atoms with van der Waals surface area (Å²) in [6.45, 7) is 0.642. The highest BCUT2D eigenvalue weighted by Crippen LogP contribution is 2.14. The lowest BCUT2D eigenvalue weighted by atomic mass is 10.3. The van der Waals surface area contributed by atoms with E-state index in [1.807, 2.05) is 0 Å². The number of nitro groups is 1. The molecule has 94 valence electrons. The van der Waals surface area contributed by atoms with Crippen LogP contribution in [0, 0.1) is 10.1 Å². The molecule has 0 aliphatic carbocycles. The lowest BCUT2D eigenvalue weighted by molar-refractivity contribution is -0.384. The van der Waals surface area contributed by atoms with Crippen molar-refractivity contribution in [2.75, 3.05) is 12.0 Å². The summed E-state index contributed by atoms with van der Waals surface area (Å²) in [7, 11) is 0. The highest BCUT2D eigenvalue weighted by Gasteiger charge is 2.02. The van der Waals surface area contributed by atoms with E-state index in [9.17, 15) is 10.1 Å². The molecule has 0 fully saturated rings. The Morgan fingerprint density at radius 1 is 1.41 bits per heavy atom. The maximum Gasteiger partial charge on any atom is 0.269 e. The van der Waals surface area contributed by atoms with Crippen LogP contribution in [0.2, 0.25) is 0 Å². The minimum Gasteiger partial charge on any atom is -0.330 e. The largest absolute Gasteiger partial charge is 0.330 e. The van der Waals surface area contributed by atoms with Gasteiger partial charge in [0.05, 0.1) is 10.6 Å². The van der Waals surface area contributed by atoms with Crippen LogP contribution in [0.15, 0.2) is 29.4 Å². The van der Waals surface area contributed by atoms with Gasteiger partial charge in [-0.2, -0.15) is 5.10 Å². The van der Waals surface area contributed by atoms with Crippen LogP contribution in [0.1, 0.15) is 12.8 Å². The topological polar surface area (TPSA) is 93.5 Å². The van der Waals surface area contributed by atoms with Gasteiger partial charge in [0.15, 0.2) is 0 Å². The Labute approximate surface area is 105 Å². The van der Waals surface area contributed by atoms with Crippen molar-refractivity contribution < 1.29 is 4.92 Å². The number of hydrogen-bond donors (Lipinski definition) is 2. The van der Waals surface area contributed by atoms with Crippen LogP contribution >= 0.6 is 12.4 Å². The average Bonchev–Trinajstić information content (AvgIpc) is 2.29. The first-order valence-corrected chi connectivity index (χ1v) is 4.96. The smallest absolute Gasteiger partial charge is 0.269 e. The maximum absolute atomic E-state index is 10.4. The van der Waals surface area contributed by atoms with Crippen molar-refractivity contribution in [1.29, 1.82) is 0 Å². The predicted octanol–water partition coefficient (Wildman–Crippen LogP) is 2.15. The van der Waals surface area contributed by atoms with Gasteiger partial charge in [0, 0.05) is 18.3 Å². The number of non-ortho nitro benzene ring substituents is 1. The molecule has 17 heavy (non-hydrogen) atoms. The van der Waals surface area contributed by atoms with Gasteiger partial charge in [-0.1, -0.05) is 0 Å². The van der Waals surface area contributed by atoms with Gasteiger partial charge >= 0.3 is 0 Å². The third-order valence-corrected chi connectivity index (χ3v) is 1.90. The van der Waals surface area contributed by atoms with E-state index in [0.717, 1.165) is 18.5 Å². The lowest BCUT2D eigenvalue weighted by Gasteiger charge is -1.98. The fourth-order valence-electron chi connectivity index (χ4n) is 1.05. The molecule has 6 nitrogen and oxygen atoms in total. The third-order valence-electron chi connectivity index (χ3n) is 1.90. The molecule has 1 rings (SSSR count). The highest BCUT2D eigenvalue weighted by atomic mass is 35.5. The molecule has 0 bridgehead atoms. The monoisotopic (exact) mass is 258 g/mol. The first-order chi connectivity index (χ1) is 7.74. The quantitative estimate of drug-likeness (QED) is 0.354. The molecule has 0 radical (unpaired) electrons. The van der Waals surface area contributed by atoms with Crippen LogP contribution in [0.3, 0.4) is 0 Å². The molecule has 0 heterocycles. The fraction of sp³-hybridized carbons (Fsp3) is 0.300. The van der Waals surface area contributed by atoms with Gasteiger partial charge in [-0.3, -0.25) is 15.5 Å². The van der Waals surface area contributed by atoms with Crippen molar-refractivity contribution in [3.8, 4) is 0 Å². The second-order valence-electron chi connectivity index (χ2n) is 3.16. The normalized spacial score (nSPS) is 9.94. The second kappa shape index (κ2) is 8.49. The highest BCUT2D eigenvalue weighted by molar-refractivity contribution is 5.85. The number of nitrogens with zero attached hydrogens (tertiary/aromatic N) is 2. The zero-order chi connectivity index (χ0) is 11.8. The number of nitrogens with two attached hydrogens (primary N) is 1. The van der Waals surface area contributed by atoms with Crippen molar-refractivity contribution in [2.24, 2.45) is 10.8 Å². The molecule has 0 aliphatic rings. The number of rotatable bonds is 6. The summed E-state index contributed by atoms with van der Waals surface area (Å²) in [5.74, 6) is 0. The number of halogens is 1. The van der Waals surface area contributed by atoms with E-state index in [-0.39, 0.29) is 18.1 Å². The Hall–Kier alpha value is -1.66. The summed E-state index contributed by atoms with van der Waals surface area (Å²) in [4.78, 5) is 9.95. The van der Waals surface area contributed by atoms with Crippen LogP contribution in [-0.4, -0.2) is 17.7 Å². The van der Waals surface area contributed by atoms with Gasteiger partial charge in [0.2, 0.25) is 0 Å². The van der Waals surface area contributed by atoms with E-state index in [2.05, 4.69) is 10.5 Å². The van der Waals surface area contributed by atoms with Gasteiger partial charge in [-0.15, -0.1) is 12.4 Å². The molecule has 0 spiro atoms. The molecule has 0 amide bonds. The Morgan fingerprint density at radius 2 is 2.06 bits per heavy atom. The molecular weight excluding hydrogens is 244 g/mol. The number of benzene rings is 1. The molecule has 0 atom stereocenters. The average molecular weight is 259 g/mol. The standard InChI is InChI=1S/C10H14N4O2.ClH/c11-7-1-2-8-12-13-9-3-5-10(6-4-9)14(15)16;/h3-6,8,13H,1-2,7,11H2;1H. The third kappa shape index (κ3) is 5.84. The lowest BCUT2D eigenvalue weighted by Crippen LogP contribution is -1.98. The maximum atomic E-state index is 10.4. The molecule has 1 aromatic rings. The van der Waals surface area contributed by atoms with Crippen LogP contribution in [-0.2, 0) is 0 Å². The van der Waals surface area contributed by atoms with E-state index >= 15 is 0 Å². The minimum absolute atomic E-state index is 0. The molecule has 3 N–H and O–H groups in total. The fourth-order valence-corrected chi connectivity index (χ4v) is 1.05. The molecule has 0 unspecified atom stereocenters. The number of nitro benzene ring substituents is 1. The number of unbranched alkanes of at least 4 members (excludes halogenated alkanes) is 1. The van der Waals surface area contributed by atoms with E-state index < -0.39 is 4.92 Å². The van der Waals surface area contributed by atoms with Crippen molar-refractivity contribution in [3.63, 3.8) is 0 Å². The summed E-state index contributed by atoms with van der Waals surface area (Å²) < 4.78 is 0. The molecule has 0 aliphatic heterocycles. The summed E-state index contributed by atoms with van der Waals surface area (Å²) in [5, 5.41) is 14.3. The number of hydrazone groups is 1. The van der Waals surface area contributed by atoms with Crippen molar-refractivity contribution in [1.82, 2.24) is 0 Å². The molecule has 0 aromatic heterocycles. The van der Waals surface area contributed by atoms with E-state index in [4.69, 9.17) is 5.73 Å². The van der Waals surface area contributed by atoms with Gasteiger partial charge in [0.25, 0.3) is 5.69 Å². The van der Waals surface area contributed by atoms with Crippen LogP contribution in [0.25, 0.3) is 0 Å². The van der Waals surface area contributed by atoms with Crippen molar-refractivity contribution >= 4 is 30.0 Å². The summed E-state index contributed by atoms with van der Waals surface area (Å²) in [5.41, 5.74) is 8.88. The van der Waals surface area contributed by atoms with Gasteiger partial charge in [0.1, 0.15) is 0 Å². The number of anilines is 1. The molecular formula is C10H15ClN4O2. The number of nitrogens with one attached hydrogen (secondary N) is 1. The van der Waals surface area contributed by atoms with Crippen LogP contribution in [0.5, 0.6) is 0 Å². The van der Waals surface area contributed by atoms with Gasteiger partial charge in [-0.25, -0.2) is 0 Å². The SMILES string of the molecule is Cl.NCCCC=NNc1ccc([N+](=O)[O-])cc1. The molecule has 7 heteroatoms. The summed E-state index contributed by atoms with van der Waals surface area (Å²) in [6, 6.07) is 6.08. The van der Waals surface area contributed by atoms with E-state index in [1.54, 1.807) is 18.3 Å². The van der Waals surface area contributed by atoms with E-state index in [1.165, 1.54) is 12.1 Å². The Bertz CT molecular complexity index is 367. The molecule has 1 aromatic carbocycles. The van der Waals surface area contributed by atoms with Crippen LogP contribution in [0.4, 0.5) is 11.4 Å². The zero-order valence-corrected chi connectivity index (χ0v) is 10.0. The van der Waals surface area contributed by atoms with Gasteiger partial charge < -0.3 is 5.73 Å². The van der Waals surface area contributed by atoms with Gasteiger partial charge in [-0.05, 0) is 31.5 Å². The Kier molecular flexibility index (Phi) is 7.66. The minimum atomic E-state index is -0.436. The second-order valence-corrected chi connectivity index (χ2v) is 3.16. The molecule has 0 saturated carbocycles. The Balaban J connectivity index is 0.00000256. The zero-order valence-electron chi connectivity index (χ0n) is 9.20.